The molecule has 372 valence electrons. The Hall–Kier alpha value is -5.80. The molecule has 0 bridgehead atoms. The molecule has 0 saturated heterocycles. The van der Waals surface area contributed by atoms with E-state index in [1.54, 1.807) is 0 Å². The molecule has 67 heavy (non-hydrogen) atoms. The van der Waals surface area contributed by atoms with Crippen molar-refractivity contribution in [3.05, 3.63) is 71.8 Å². The molecule has 0 radical (unpaired) electrons. The third-order valence-corrected chi connectivity index (χ3v) is 11.4. The van der Waals surface area contributed by atoms with E-state index in [1.165, 1.54) is 0 Å². The second-order valence-corrected chi connectivity index (χ2v) is 18.6. The van der Waals surface area contributed by atoms with Gasteiger partial charge < -0.3 is 43.2 Å². The smallest absolute Gasteiger partial charge is 0.326 e. The summed E-state index contributed by atoms with van der Waals surface area (Å²) in [5.41, 5.74) is 12.7. The zero-order valence-corrected chi connectivity index (χ0v) is 40.3. The maximum atomic E-state index is 13.5. The first kappa shape index (κ1) is 57.3. The summed E-state index contributed by atoms with van der Waals surface area (Å²) in [4.78, 5) is 101. The van der Waals surface area contributed by atoms with Crippen molar-refractivity contribution in [2.24, 2.45) is 23.3 Å². The minimum absolute atomic E-state index is 0.0592. The predicted molar refractivity (Wildman–Crippen MR) is 259 cm³/mol. The topological polar surface area (TPSA) is 269 Å². The highest BCUT2D eigenvalue weighted by atomic mass is 16.4. The van der Waals surface area contributed by atoms with Gasteiger partial charge in [-0.2, -0.15) is 0 Å². The fourth-order valence-electron chi connectivity index (χ4n) is 7.79. The highest BCUT2D eigenvalue weighted by Gasteiger charge is 2.31. The van der Waals surface area contributed by atoms with Gasteiger partial charge in [-0.25, -0.2) is 4.79 Å². The standard InChI is InChI=1S/C51H79N7O9/c1-35(2)31-41(48(63)58-42(32-36(3)4)49(64)57-40(47(53)62)33-38-25-19-16-20-26-38)54-45(60)27-21-13-11-9-7-5-6-8-10-12-14-22-28-46(61)55-43(34-44(52)59)50(65)56-39(51(66)67)30-29-37-23-17-15-18-24-37/h15-20,23-26,35-36,39-43H,5-14,21-22,27-34H2,1-4H3,(H2,52,59)(H2,53,62)(H,54,60)(H,55,61)(H,56,65)(H,57,64)(H,58,63)(H,66,67)/t39-,40-,41-,42-,43-/m0/s1. The van der Waals surface area contributed by atoms with Crippen LogP contribution in [0.3, 0.4) is 0 Å². The number of unbranched alkanes of at least 4 members (excludes halogenated alkanes) is 11. The Bertz CT molecular complexity index is 1830. The molecule has 7 amide bonds. The zero-order valence-electron chi connectivity index (χ0n) is 40.3. The van der Waals surface area contributed by atoms with Gasteiger partial charge in [0.25, 0.3) is 0 Å². The van der Waals surface area contributed by atoms with Gasteiger partial charge in [0.15, 0.2) is 0 Å². The number of nitrogens with two attached hydrogens (primary N) is 2. The van der Waals surface area contributed by atoms with Crippen molar-refractivity contribution >= 4 is 47.3 Å². The number of hydrogen-bond acceptors (Lipinski definition) is 8. The van der Waals surface area contributed by atoms with Gasteiger partial charge in [-0.05, 0) is 61.5 Å². The molecule has 16 heteroatoms. The molecule has 0 fully saturated rings. The third-order valence-electron chi connectivity index (χ3n) is 11.4. The molecule has 0 aliphatic heterocycles. The fraction of sp³-hybridized carbons (Fsp3) is 0.608. The first-order valence-electron chi connectivity index (χ1n) is 24.3. The SMILES string of the molecule is CC(C)C[C@H](NC(=O)CCCCCCCCCCCCCCC(=O)N[C@@H](CC(N)=O)C(=O)N[C@@H](CCc1ccccc1)C(=O)O)C(=O)N[C@@H](CC(C)C)C(=O)N[C@@H](Cc1ccccc1)C(N)=O. The van der Waals surface area contributed by atoms with Crippen molar-refractivity contribution in [1.29, 1.82) is 0 Å². The number of carboxylic acids is 1. The molecule has 2 aromatic rings. The summed E-state index contributed by atoms with van der Waals surface area (Å²) in [6.07, 6.45) is 13.1. The van der Waals surface area contributed by atoms with E-state index < -0.39 is 78.0 Å². The Kier molecular flexibility index (Phi) is 28.1. The van der Waals surface area contributed by atoms with Crippen LogP contribution in [0.4, 0.5) is 0 Å². The maximum absolute atomic E-state index is 13.5. The first-order valence-corrected chi connectivity index (χ1v) is 24.3. The summed E-state index contributed by atoms with van der Waals surface area (Å²) in [7, 11) is 0. The van der Waals surface area contributed by atoms with E-state index in [0.717, 1.165) is 75.3 Å². The highest BCUT2D eigenvalue weighted by molar-refractivity contribution is 5.95. The number of primary amides is 2. The third kappa shape index (κ3) is 26.2. The molecule has 0 saturated carbocycles. The van der Waals surface area contributed by atoms with Crippen LogP contribution in [-0.4, -0.2) is 82.6 Å². The molecule has 0 spiro atoms. The number of carbonyl (C=O) groups is 8. The number of rotatable bonds is 36. The second kappa shape index (κ2) is 32.8. The molecule has 0 aromatic heterocycles. The average molecular weight is 934 g/mol. The van der Waals surface area contributed by atoms with Gasteiger partial charge in [0.2, 0.25) is 41.4 Å². The lowest BCUT2D eigenvalue weighted by molar-refractivity contribution is -0.142. The van der Waals surface area contributed by atoms with E-state index in [9.17, 15) is 43.5 Å². The number of carboxylic acid groups (broad SMARTS) is 1. The minimum Gasteiger partial charge on any atom is -0.480 e. The number of carbonyl (C=O) groups excluding carboxylic acids is 7. The molecular formula is C51H79N7O9. The van der Waals surface area contributed by atoms with Crippen LogP contribution in [0.5, 0.6) is 0 Å². The zero-order chi connectivity index (χ0) is 49.6. The van der Waals surface area contributed by atoms with Gasteiger partial charge in [-0.1, -0.05) is 153 Å². The average Bonchev–Trinajstić information content (AvgIpc) is 3.26. The van der Waals surface area contributed by atoms with E-state index in [-0.39, 0.29) is 37.0 Å². The number of benzene rings is 2. The maximum Gasteiger partial charge on any atom is 0.326 e. The van der Waals surface area contributed by atoms with E-state index in [2.05, 4.69) is 26.6 Å². The predicted octanol–water partition coefficient (Wildman–Crippen LogP) is 5.28. The Morgan fingerprint density at radius 3 is 1.27 bits per heavy atom. The van der Waals surface area contributed by atoms with Crippen LogP contribution in [0.15, 0.2) is 60.7 Å². The van der Waals surface area contributed by atoms with E-state index in [1.807, 2.05) is 88.4 Å². The van der Waals surface area contributed by atoms with Crippen molar-refractivity contribution in [3.63, 3.8) is 0 Å². The minimum atomic E-state index is -1.26. The summed E-state index contributed by atoms with van der Waals surface area (Å²) in [6.45, 7) is 7.80. The number of hydrogen-bond donors (Lipinski definition) is 8. The lowest BCUT2D eigenvalue weighted by Gasteiger charge is -2.26. The molecule has 0 unspecified atom stereocenters. The number of aliphatic carboxylic acids is 1. The molecular weight excluding hydrogens is 855 g/mol. The molecule has 2 rings (SSSR count). The van der Waals surface area contributed by atoms with E-state index in [4.69, 9.17) is 11.5 Å². The van der Waals surface area contributed by atoms with E-state index in [0.29, 0.717) is 38.5 Å². The summed E-state index contributed by atoms with van der Waals surface area (Å²) in [5.74, 6) is -4.82. The second-order valence-electron chi connectivity index (χ2n) is 18.6. The molecule has 5 atom stereocenters. The molecule has 10 N–H and O–H groups in total. The Balaban J connectivity index is 1.63. The summed E-state index contributed by atoms with van der Waals surface area (Å²) >= 11 is 0. The largest absolute Gasteiger partial charge is 0.480 e. The Morgan fingerprint density at radius 2 is 0.851 bits per heavy atom. The summed E-state index contributed by atoms with van der Waals surface area (Å²) in [6, 6.07) is 13.4. The summed E-state index contributed by atoms with van der Waals surface area (Å²) in [5, 5.41) is 23.1. The van der Waals surface area contributed by atoms with Gasteiger partial charge in [-0.15, -0.1) is 0 Å². The molecule has 0 aliphatic carbocycles. The van der Waals surface area contributed by atoms with Crippen molar-refractivity contribution in [2.45, 2.75) is 186 Å². The number of amides is 7. The quantitative estimate of drug-likeness (QED) is 0.0412. The lowest BCUT2D eigenvalue weighted by atomic mass is 9.99. The van der Waals surface area contributed by atoms with Crippen LogP contribution in [0.1, 0.15) is 154 Å². The van der Waals surface area contributed by atoms with Crippen molar-refractivity contribution < 1.29 is 43.5 Å². The van der Waals surface area contributed by atoms with Gasteiger partial charge >= 0.3 is 5.97 Å². The molecule has 2 aromatic carbocycles. The molecule has 16 nitrogen and oxygen atoms in total. The van der Waals surface area contributed by atoms with Gasteiger partial charge in [0, 0.05) is 19.3 Å². The number of aryl methyl sites for hydroxylation is 1. The Labute approximate surface area is 397 Å². The lowest BCUT2D eigenvalue weighted by Crippen LogP contribution is -2.57. The van der Waals surface area contributed by atoms with Gasteiger partial charge in [-0.3, -0.25) is 33.6 Å². The Morgan fingerprint density at radius 1 is 0.478 bits per heavy atom. The van der Waals surface area contributed by atoms with E-state index >= 15 is 0 Å². The van der Waals surface area contributed by atoms with Crippen molar-refractivity contribution in [3.8, 4) is 0 Å². The van der Waals surface area contributed by atoms with Gasteiger partial charge in [0.1, 0.15) is 30.2 Å². The monoisotopic (exact) mass is 934 g/mol. The normalized spacial score (nSPS) is 13.4. The summed E-state index contributed by atoms with van der Waals surface area (Å²) < 4.78 is 0. The molecule has 0 aliphatic rings. The van der Waals surface area contributed by atoms with Crippen LogP contribution in [0.2, 0.25) is 0 Å². The fourth-order valence-corrected chi connectivity index (χ4v) is 7.79. The van der Waals surface area contributed by atoms with Crippen LogP contribution < -0.4 is 38.1 Å². The van der Waals surface area contributed by atoms with Crippen LogP contribution >= 0.6 is 0 Å². The van der Waals surface area contributed by atoms with Crippen molar-refractivity contribution in [1.82, 2.24) is 26.6 Å². The van der Waals surface area contributed by atoms with Crippen LogP contribution in [0, 0.1) is 11.8 Å². The highest BCUT2D eigenvalue weighted by Crippen LogP contribution is 2.15. The molecule has 0 heterocycles. The van der Waals surface area contributed by atoms with Crippen LogP contribution in [-0.2, 0) is 51.2 Å². The van der Waals surface area contributed by atoms with Crippen molar-refractivity contribution in [2.75, 3.05) is 0 Å². The van der Waals surface area contributed by atoms with Crippen LogP contribution in [0.25, 0.3) is 0 Å². The number of nitrogens with one attached hydrogen (secondary N) is 5. The van der Waals surface area contributed by atoms with Gasteiger partial charge in [0.05, 0.1) is 6.42 Å². The first-order chi connectivity index (χ1) is 31.9.